The monoisotopic (exact) mass is 154 g/mol. The largest absolute Gasteiger partial charge is 0.393 e. The molecule has 2 aliphatic carbocycles. The van der Waals surface area contributed by atoms with Crippen molar-refractivity contribution in [1.82, 2.24) is 0 Å². The maximum Gasteiger partial charge on any atom is 0.0573 e. The van der Waals surface area contributed by atoms with Crippen molar-refractivity contribution >= 4 is 0 Å². The second-order valence-electron chi connectivity index (χ2n) is 4.77. The van der Waals surface area contributed by atoms with E-state index in [9.17, 15) is 5.11 Å². The molecule has 2 saturated carbocycles. The van der Waals surface area contributed by atoms with Crippen LogP contribution in [0.2, 0.25) is 0 Å². The molecule has 0 aromatic rings. The van der Waals surface area contributed by atoms with Crippen LogP contribution in [0.5, 0.6) is 0 Å². The van der Waals surface area contributed by atoms with Gasteiger partial charge in [-0.2, -0.15) is 0 Å². The van der Waals surface area contributed by atoms with E-state index in [1.54, 1.807) is 0 Å². The van der Waals surface area contributed by atoms with Crippen LogP contribution in [-0.4, -0.2) is 11.2 Å². The zero-order chi connectivity index (χ0) is 7.90. The van der Waals surface area contributed by atoms with Crippen LogP contribution in [0, 0.1) is 11.3 Å². The molecule has 2 fully saturated rings. The van der Waals surface area contributed by atoms with Crippen LogP contribution < -0.4 is 0 Å². The summed E-state index contributed by atoms with van der Waals surface area (Å²) in [6.07, 6.45) is 7.72. The third-order valence-corrected chi connectivity index (χ3v) is 3.43. The standard InChI is InChI=1S/C10H18O/c1-10(5-2-6-10)7-9(11)8-3-4-8/h8-9,11H,2-7H2,1H3. The Hall–Kier alpha value is -0.0400. The highest BCUT2D eigenvalue weighted by molar-refractivity contribution is 4.90. The van der Waals surface area contributed by atoms with Gasteiger partial charge in [0.2, 0.25) is 0 Å². The van der Waals surface area contributed by atoms with Crippen LogP contribution >= 0.6 is 0 Å². The smallest absolute Gasteiger partial charge is 0.0573 e. The first-order chi connectivity index (χ1) is 5.20. The zero-order valence-electron chi connectivity index (χ0n) is 7.34. The Kier molecular flexibility index (Phi) is 1.71. The van der Waals surface area contributed by atoms with Crippen LogP contribution in [0.15, 0.2) is 0 Å². The number of hydrogen-bond acceptors (Lipinski definition) is 1. The highest BCUT2D eigenvalue weighted by Crippen LogP contribution is 2.47. The minimum Gasteiger partial charge on any atom is -0.393 e. The molecule has 0 bridgehead atoms. The summed E-state index contributed by atoms with van der Waals surface area (Å²) >= 11 is 0. The molecule has 0 radical (unpaired) electrons. The summed E-state index contributed by atoms with van der Waals surface area (Å²) < 4.78 is 0. The molecular formula is C10H18O. The summed E-state index contributed by atoms with van der Waals surface area (Å²) in [6, 6.07) is 0. The molecule has 1 nitrogen and oxygen atoms in total. The topological polar surface area (TPSA) is 20.2 Å². The van der Waals surface area contributed by atoms with Gasteiger partial charge in [-0.25, -0.2) is 0 Å². The van der Waals surface area contributed by atoms with Gasteiger partial charge in [0.15, 0.2) is 0 Å². The van der Waals surface area contributed by atoms with Crippen molar-refractivity contribution in [2.75, 3.05) is 0 Å². The number of aliphatic hydroxyl groups excluding tert-OH is 1. The molecule has 0 spiro atoms. The Labute approximate surface area is 68.8 Å². The van der Waals surface area contributed by atoms with Gasteiger partial charge < -0.3 is 5.11 Å². The predicted molar refractivity (Wildman–Crippen MR) is 45.3 cm³/mol. The molecule has 1 heteroatoms. The van der Waals surface area contributed by atoms with Gasteiger partial charge in [-0.1, -0.05) is 13.3 Å². The fraction of sp³-hybridized carbons (Fsp3) is 1.00. The van der Waals surface area contributed by atoms with E-state index in [2.05, 4.69) is 6.92 Å². The van der Waals surface area contributed by atoms with Gasteiger partial charge in [-0.3, -0.25) is 0 Å². The van der Waals surface area contributed by atoms with Crippen molar-refractivity contribution in [3.05, 3.63) is 0 Å². The summed E-state index contributed by atoms with van der Waals surface area (Å²) in [5.41, 5.74) is 0.516. The highest BCUT2D eigenvalue weighted by Gasteiger charge is 2.38. The Morgan fingerprint density at radius 2 is 2.09 bits per heavy atom. The average molecular weight is 154 g/mol. The molecular weight excluding hydrogens is 136 g/mol. The van der Waals surface area contributed by atoms with Crippen molar-refractivity contribution in [3.8, 4) is 0 Å². The lowest BCUT2D eigenvalue weighted by molar-refractivity contribution is 0.0433. The van der Waals surface area contributed by atoms with E-state index in [-0.39, 0.29) is 6.10 Å². The molecule has 0 aromatic carbocycles. The number of rotatable bonds is 3. The summed E-state index contributed by atoms with van der Waals surface area (Å²) in [4.78, 5) is 0. The van der Waals surface area contributed by atoms with Gasteiger partial charge in [0.1, 0.15) is 0 Å². The molecule has 0 amide bonds. The van der Waals surface area contributed by atoms with Crippen molar-refractivity contribution < 1.29 is 5.11 Å². The minimum atomic E-state index is 0.0281. The summed E-state index contributed by atoms with van der Waals surface area (Å²) in [5.74, 6) is 0.674. The van der Waals surface area contributed by atoms with E-state index in [1.165, 1.54) is 32.1 Å². The number of aliphatic hydroxyl groups is 1. The van der Waals surface area contributed by atoms with Crippen molar-refractivity contribution in [3.63, 3.8) is 0 Å². The van der Waals surface area contributed by atoms with Crippen LogP contribution in [0.1, 0.15) is 45.4 Å². The van der Waals surface area contributed by atoms with Gasteiger partial charge in [-0.05, 0) is 43.4 Å². The quantitative estimate of drug-likeness (QED) is 0.661. The number of hydrogen-bond donors (Lipinski definition) is 1. The van der Waals surface area contributed by atoms with E-state index in [4.69, 9.17) is 0 Å². The molecule has 11 heavy (non-hydrogen) atoms. The second-order valence-corrected chi connectivity index (χ2v) is 4.77. The first kappa shape index (κ1) is 7.60. The van der Waals surface area contributed by atoms with Crippen LogP contribution in [0.4, 0.5) is 0 Å². The third-order valence-electron chi connectivity index (χ3n) is 3.43. The van der Waals surface area contributed by atoms with Crippen LogP contribution in [0.25, 0.3) is 0 Å². The average Bonchev–Trinajstić information content (AvgIpc) is 2.64. The Bertz CT molecular complexity index is 145. The summed E-state index contributed by atoms with van der Waals surface area (Å²) in [7, 11) is 0. The van der Waals surface area contributed by atoms with Gasteiger partial charge in [0.05, 0.1) is 6.10 Å². The van der Waals surface area contributed by atoms with E-state index >= 15 is 0 Å². The maximum atomic E-state index is 9.69. The lowest BCUT2D eigenvalue weighted by Crippen LogP contribution is -2.31. The fourth-order valence-corrected chi connectivity index (χ4v) is 2.14. The zero-order valence-corrected chi connectivity index (χ0v) is 7.34. The SMILES string of the molecule is CC1(CC(O)C2CC2)CCC1. The van der Waals surface area contributed by atoms with Gasteiger partial charge >= 0.3 is 0 Å². The first-order valence-corrected chi connectivity index (χ1v) is 4.88. The highest BCUT2D eigenvalue weighted by atomic mass is 16.3. The van der Waals surface area contributed by atoms with E-state index in [0.717, 1.165) is 6.42 Å². The molecule has 1 unspecified atom stereocenters. The Morgan fingerprint density at radius 1 is 1.45 bits per heavy atom. The molecule has 0 saturated heterocycles. The maximum absolute atomic E-state index is 9.69. The molecule has 0 aliphatic heterocycles. The third kappa shape index (κ3) is 1.58. The summed E-state index contributed by atoms with van der Waals surface area (Å²) in [5, 5.41) is 9.69. The van der Waals surface area contributed by atoms with E-state index in [0.29, 0.717) is 11.3 Å². The Balaban J connectivity index is 1.78. The second kappa shape index (κ2) is 2.48. The lowest BCUT2D eigenvalue weighted by Gasteiger charge is -2.40. The Morgan fingerprint density at radius 3 is 2.45 bits per heavy atom. The molecule has 64 valence electrons. The molecule has 1 atom stereocenters. The molecule has 1 N–H and O–H groups in total. The van der Waals surface area contributed by atoms with Gasteiger partial charge in [-0.15, -0.1) is 0 Å². The molecule has 0 aromatic heterocycles. The predicted octanol–water partition coefficient (Wildman–Crippen LogP) is 2.34. The van der Waals surface area contributed by atoms with Crippen LogP contribution in [0.3, 0.4) is 0 Å². The van der Waals surface area contributed by atoms with Crippen molar-refractivity contribution in [2.45, 2.75) is 51.6 Å². The minimum absolute atomic E-state index is 0.0281. The lowest BCUT2D eigenvalue weighted by atomic mass is 9.67. The van der Waals surface area contributed by atoms with Crippen molar-refractivity contribution in [2.24, 2.45) is 11.3 Å². The van der Waals surface area contributed by atoms with Gasteiger partial charge in [0, 0.05) is 0 Å². The van der Waals surface area contributed by atoms with Gasteiger partial charge in [0.25, 0.3) is 0 Å². The molecule has 2 aliphatic rings. The normalized spacial score (nSPS) is 31.1. The fourth-order valence-electron chi connectivity index (χ4n) is 2.14. The summed E-state index contributed by atoms with van der Waals surface area (Å²) in [6.45, 7) is 2.32. The van der Waals surface area contributed by atoms with Crippen LogP contribution in [-0.2, 0) is 0 Å². The van der Waals surface area contributed by atoms with Crippen molar-refractivity contribution in [1.29, 1.82) is 0 Å². The molecule has 2 rings (SSSR count). The molecule has 0 heterocycles. The first-order valence-electron chi connectivity index (χ1n) is 4.88. The van der Waals surface area contributed by atoms with E-state index in [1.807, 2.05) is 0 Å². The van der Waals surface area contributed by atoms with E-state index < -0.39 is 0 Å².